The molecule has 2 unspecified atom stereocenters. The summed E-state index contributed by atoms with van der Waals surface area (Å²) in [7, 11) is 0. The van der Waals surface area contributed by atoms with Gasteiger partial charge in [0.1, 0.15) is 5.54 Å². The van der Waals surface area contributed by atoms with Gasteiger partial charge in [0, 0.05) is 26.4 Å². The number of hydrogen-bond donors (Lipinski definition) is 2. The second-order valence-corrected chi connectivity index (χ2v) is 4.87. The van der Waals surface area contributed by atoms with E-state index < -0.39 is 11.5 Å². The van der Waals surface area contributed by atoms with Crippen molar-refractivity contribution in [1.82, 2.24) is 5.32 Å². The van der Waals surface area contributed by atoms with E-state index in [0.29, 0.717) is 32.6 Å². The minimum atomic E-state index is -0.817. The third-order valence-electron chi connectivity index (χ3n) is 3.67. The van der Waals surface area contributed by atoms with Gasteiger partial charge in [0.2, 0.25) is 0 Å². The predicted molar refractivity (Wildman–Crippen MR) is 62.0 cm³/mol. The fraction of sp³-hybridized carbons (Fsp3) is 0.917. The van der Waals surface area contributed by atoms with Gasteiger partial charge in [0.25, 0.3) is 0 Å². The maximum absolute atomic E-state index is 11.5. The smallest absolute Gasteiger partial charge is 0.323 e. The van der Waals surface area contributed by atoms with E-state index in [-0.39, 0.29) is 6.10 Å². The molecule has 2 aliphatic heterocycles. The van der Waals surface area contributed by atoms with Gasteiger partial charge in [-0.1, -0.05) is 0 Å². The molecule has 17 heavy (non-hydrogen) atoms. The van der Waals surface area contributed by atoms with Crippen molar-refractivity contribution in [2.24, 2.45) is 0 Å². The molecule has 0 aromatic rings. The second kappa shape index (κ2) is 5.80. The number of carboxylic acids is 1. The lowest BCUT2D eigenvalue weighted by Gasteiger charge is -2.30. The average Bonchev–Trinajstić information content (AvgIpc) is 2.71. The van der Waals surface area contributed by atoms with Gasteiger partial charge in [0.05, 0.1) is 6.10 Å². The van der Waals surface area contributed by atoms with Gasteiger partial charge < -0.3 is 14.6 Å². The first-order valence-corrected chi connectivity index (χ1v) is 6.41. The molecule has 5 heteroatoms. The SMILES string of the molecule is O=C(O)C1(NCC2CCCO2)CCCOCC1. The minimum Gasteiger partial charge on any atom is -0.480 e. The summed E-state index contributed by atoms with van der Waals surface area (Å²) in [5, 5.41) is 12.6. The third-order valence-corrected chi connectivity index (χ3v) is 3.67. The number of carboxylic acid groups (broad SMARTS) is 1. The Kier molecular flexibility index (Phi) is 4.36. The zero-order chi connectivity index (χ0) is 12.1. The monoisotopic (exact) mass is 243 g/mol. The molecular weight excluding hydrogens is 222 g/mol. The highest BCUT2D eigenvalue weighted by atomic mass is 16.5. The number of hydrogen-bond acceptors (Lipinski definition) is 4. The van der Waals surface area contributed by atoms with Crippen molar-refractivity contribution in [2.45, 2.75) is 43.7 Å². The normalized spacial score (nSPS) is 34.5. The Hall–Kier alpha value is -0.650. The molecule has 2 rings (SSSR count). The van der Waals surface area contributed by atoms with Crippen molar-refractivity contribution >= 4 is 5.97 Å². The maximum atomic E-state index is 11.5. The van der Waals surface area contributed by atoms with E-state index in [0.717, 1.165) is 25.9 Å². The molecule has 0 aliphatic carbocycles. The predicted octanol–water partition coefficient (Wildman–Crippen LogP) is 0.779. The molecule has 2 atom stereocenters. The Morgan fingerprint density at radius 2 is 2.18 bits per heavy atom. The number of rotatable bonds is 4. The van der Waals surface area contributed by atoms with E-state index >= 15 is 0 Å². The zero-order valence-corrected chi connectivity index (χ0v) is 10.1. The van der Waals surface area contributed by atoms with Gasteiger partial charge in [-0.05, 0) is 32.1 Å². The molecule has 0 radical (unpaired) electrons. The van der Waals surface area contributed by atoms with E-state index in [1.54, 1.807) is 0 Å². The zero-order valence-electron chi connectivity index (χ0n) is 10.1. The van der Waals surface area contributed by atoms with E-state index in [2.05, 4.69) is 5.32 Å². The van der Waals surface area contributed by atoms with Gasteiger partial charge in [-0.25, -0.2) is 0 Å². The molecule has 98 valence electrons. The maximum Gasteiger partial charge on any atom is 0.323 e. The van der Waals surface area contributed by atoms with Crippen LogP contribution in [0.5, 0.6) is 0 Å². The van der Waals surface area contributed by atoms with Crippen LogP contribution in [0.25, 0.3) is 0 Å². The highest BCUT2D eigenvalue weighted by molar-refractivity contribution is 5.78. The van der Waals surface area contributed by atoms with Crippen LogP contribution in [0.15, 0.2) is 0 Å². The van der Waals surface area contributed by atoms with Crippen LogP contribution in [0.2, 0.25) is 0 Å². The van der Waals surface area contributed by atoms with Crippen molar-refractivity contribution in [3.8, 4) is 0 Å². The summed E-state index contributed by atoms with van der Waals surface area (Å²) in [5.41, 5.74) is -0.817. The minimum absolute atomic E-state index is 0.176. The van der Waals surface area contributed by atoms with Gasteiger partial charge in [-0.2, -0.15) is 0 Å². The molecule has 2 saturated heterocycles. The van der Waals surface area contributed by atoms with Crippen LogP contribution in [-0.4, -0.2) is 49.1 Å². The lowest BCUT2D eigenvalue weighted by molar-refractivity contribution is -0.145. The molecule has 0 bridgehead atoms. The van der Waals surface area contributed by atoms with Gasteiger partial charge in [-0.15, -0.1) is 0 Å². The molecule has 5 nitrogen and oxygen atoms in total. The summed E-state index contributed by atoms with van der Waals surface area (Å²) in [4.78, 5) is 11.5. The van der Waals surface area contributed by atoms with Crippen LogP contribution in [0, 0.1) is 0 Å². The lowest BCUT2D eigenvalue weighted by atomic mass is 9.90. The molecule has 2 heterocycles. The fourth-order valence-corrected chi connectivity index (χ4v) is 2.53. The van der Waals surface area contributed by atoms with E-state index in [4.69, 9.17) is 9.47 Å². The van der Waals surface area contributed by atoms with Gasteiger partial charge in [-0.3, -0.25) is 10.1 Å². The Bertz CT molecular complexity index is 255. The van der Waals surface area contributed by atoms with Crippen LogP contribution in [0.4, 0.5) is 0 Å². The van der Waals surface area contributed by atoms with Crippen molar-refractivity contribution in [3.63, 3.8) is 0 Å². The summed E-state index contributed by atoms with van der Waals surface area (Å²) >= 11 is 0. The summed E-state index contributed by atoms with van der Waals surface area (Å²) in [6, 6.07) is 0. The summed E-state index contributed by atoms with van der Waals surface area (Å²) in [6.45, 7) is 2.61. The molecule has 0 spiro atoms. The van der Waals surface area contributed by atoms with E-state index in [9.17, 15) is 9.90 Å². The van der Waals surface area contributed by atoms with Crippen molar-refractivity contribution in [2.75, 3.05) is 26.4 Å². The van der Waals surface area contributed by atoms with Crippen LogP contribution < -0.4 is 5.32 Å². The largest absolute Gasteiger partial charge is 0.480 e. The molecule has 0 aromatic heterocycles. The molecule has 2 aliphatic rings. The molecule has 0 saturated carbocycles. The summed E-state index contributed by atoms with van der Waals surface area (Å²) in [6.07, 6.45) is 4.25. The molecule has 2 fully saturated rings. The van der Waals surface area contributed by atoms with Crippen LogP contribution in [0.1, 0.15) is 32.1 Å². The molecule has 0 amide bonds. The van der Waals surface area contributed by atoms with Crippen LogP contribution in [-0.2, 0) is 14.3 Å². The van der Waals surface area contributed by atoms with Crippen LogP contribution >= 0.6 is 0 Å². The highest BCUT2D eigenvalue weighted by Gasteiger charge is 2.39. The van der Waals surface area contributed by atoms with Crippen LogP contribution in [0.3, 0.4) is 0 Å². The molecule has 2 N–H and O–H groups in total. The van der Waals surface area contributed by atoms with E-state index in [1.165, 1.54) is 0 Å². The highest BCUT2D eigenvalue weighted by Crippen LogP contribution is 2.22. The lowest BCUT2D eigenvalue weighted by Crippen LogP contribution is -2.54. The number of carbonyl (C=O) groups is 1. The Balaban J connectivity index is 1.92. The summed E-state index contributed by atoms with van der Waals surface area (Å²) in [5.74, 6) is -0.763. The number of nitrogens with one attached hydrogen (secondary N) is 1. The van der Waals surface area contributed by atoms with E-state index in [1.807, 2.05) is 0 Å². The average molecular weight is 243 g/mol. The summed E-state index contributed by atoms with van der Waals surface area (Å²) < 4.78 is 10.9. The third kappa shape index (κ3) is 3.18. The van der Waals surface area contributed by atoms with Gasteiger partial charge >= 0.3 is 5.97 Å². The number of aliphatic carboxylic acids is 1. The Morgan fingerprint density at radius 1 is 1.29 bits per heavy atom. The second-order valence-electron chi connectivity index (χ2n) is 4.87. The molecule has 0 aromatic carbocycles. The quantitative estimate of drug-likeness (QED) is 0.763. The first kappa shape index (κ1) is 12.8. The van der Waals surface area contributed by atoms with Gasteiger partial charge in [0.15, 0.2) is 0 Å². The Labute approximate surface area is 101 Å². The number of ether oxygens (including phenoxy) is 2. The topological polar surface area (TPSA) is 67.8 Å². The van der Waals surface area contributed by atoms with Crippen molar-refractivity contribution in [3.05, 3.63) is 0 Å². The van der Waals surface area contributed by atoms with Crippen molar-refractivity contribution in [1.29, 1.82) is 0 Å². The Morgan fingerprint density at radius 3 is 2.88 bits per heavy atom. The first-order valence-electron chi connectivity index (χ1n) is 6.41. The molecular formula is C12H21NO4. The first-order chi connectivity index (χ1) is 8.23. The van der Waals surface area contributed by atoms with Crippen molar-refractivity contribution < 1.29 is 19.4 Å². The standard InChI is InChI=1S/C12H21NO4/c14-11(15)12(4-2-6-16-8-5-12)13-9-10-3-1-7-17-10/h10,13H,1-9H2,(H,14,15). The fourth-order valence-electron chi connectivity index (χ4n) is 2.53.